The predicted molar refractivity (Wildman–Crippen MR) is 59.6 cm³/mol. The highest BCUT2D eigenvalue weighted by atomic mass is 19.2. The van der Waals surface area contributed by atoms with E-state index >= 15 is 0 Å². The molecule has 1 aromatic rings. The van der Waals surface area contributed by atoms with Gasteiger partial charge in [0, 0.05) is 25.1 Å². The van der Waals surface area contributed by atoms with E-state index in [1.165, 1.54) is 0 Å². The van der Waals surface area contributed by atoms with E-state index in [1.807, 2.05) is 0 Å². The molecule has 1 aromatic carbocycles. The molecular formula is C12H10F3NO4. The average molecular weight is 289 g/mol. The number of carbonyl (C=O) groups excluding carboxylic acids is 1. The summed E-state index contributed by atoms with van der Waals surface area (Å²) >= 11 is 0. The van der Waals surface area contributed by atoms with E-state index in [1.54, 1.807) is 0 Å². The van der Waals surface area contributed by atoms with Gasteiger partial charge in [-0.05, 0) is 6.42 Å². The molecule has 20 heavy (non-hydrogen) atoms. The first-order valence-corrected chi connectivity index (χ1v) is 5.72. The van der Waals surface area contributed by atoms with Gasteiger partial charge in [-0.25, -0.2) is 18.0 Å². The van der Waals surface area contributed by atoms with Crippen molar-refractivity contribution in [3.05, 3.63) is 29.6 Å². The third-order valence-corrected chi connectivity index (χ3v) is 2.95. The molecule has 0 unspecified atom stereocenters. The van der Waals surface area contributed by atoms with Crippen LogP contribution in [0.1, 0.15) is 12.8 Å². The smallest absolute Gasteiger partial charge is 0.358 e. The molecule has 108 valence electrons. The molecule has 2 N–H and O–H groups in total. The van der Waals surface area contributed by atoms with Crippen molar-refractivity contribution in [2.45, 2.75) is 18.4 Å². The Kier molecular flexibility index (Phi) is 3.56. The van der Waals surface area contributed by atoms with E-state index < -0.39 is 40.7 Å². The minimum Gasteiger partial charge on any atom is -0.478 e. The molecule has 0 spiro atoms. The number of carbonyl (C=O) groups is 2. The number of aliphatic carboxylic acids is 1. The quantitative estimate of drug-likeness (QED) is 0.648. The zero-order valence-electron chi connectivity index (χ0n) is 10.1. The van der Waals surface area contributed by atoms with Crippen LogP contribution in [-0.4, -0.2) is 29.1 Å². The molecule has 1 fully saturated rings. The Labute approximate surface area is 111 Å². The summed E-state index contributed by atoms with van der Waals surface area (Å²) in [6.07, 6.45) is 0.166. The Balaban J connectivity index is 2.39. The van der Waals surface area contributed by atoms with Gasteiger partial charge >= 0.3 is 5.97 Å². The topological polar surface area (TPSA) is 75.6 Å². The van der Waals surface area contributed by atoms with E-state index in [-0.39, 0.29) is 13.0 Å². The highest BCUT2D eigenvalue weighted by Gasteiger charge is 2.50. The van der Waals surface area contributed by atoms with E-state index in [4.69, 9.17) is 9.84 Å². The fourth-order valence-corrected chi connectivity index (χ4v) is 1.93. The van der Waals surface area contributed by atoms with Gasteiger partial charge in [0.05, 0.1) is 0 Å². The number of carboxylic acid groups (broad SMARTS) is 1. The molecule has 1 atom stereocenters. The van der Waals surface area contributed by atoms with Gasteiger partial charge in [-0.2, -0.15) is 0 Å². The van der Waals surface area contributed by atoms with Crippen molar-refractivity contribution in [2.24, 2.45) is 0 Å². The second-order valence-corrected chi connectivity index (χ2v) is 4.29. The number of rotatable bonds is 3. The zero-order valence-corrected chi connectivity index (χ0v) is 10.1. The van der Waals surface area contributed by atoms with Crippen molar-refractivity contribution in [3.8, 4) is 5.75 Å². The van der Waals surface area contributed by atoms with E-state index in [9.17, 15) is 22.8 Å². The van der Waals surface area contributed by atoms with Crippen LogP contribution in [0.3, 0.4) is 0 Å². The first-order chi connectivity index (χ1) is 9.36. The Morgan fingerprint density at radius 1 is 1.30 bits per heavy atom. The molecule has 1 heterocycles. The van der Waals surface area contributed by atoms with Crippen LogP contribution in [0.2, 0.25) is 0 Å². The second kappa shape index (κ2) is 5.03. The number of hydrogen-bond donors (Lipinski definition) is 2. The number of nitrogens with one attached hydrogen (secondary N) is 1. The van der Waals surface area contributed by atoms with Gasteiger partial charge in [0.25, 0.3) is 11.5 Å². The first-order valence-electron chi connectivity index (χ1n) is 5.72. The normalized spacial score (nSPS) is 22.2. The van der Waals surface area contributed by atoms with Crippen LogP contribution in [0, 0.1) is 17.5 Å². The van der Waals surface area contributed by atoms with Gasteiger partial charge in [0.15, 0.2) is 17.5 Å². The molecule has 5 nitrogen and oxygen atoms in total. The van der Waals surface area contributed by atoms with Gasteiger partial charge in [-0.3, -0.25) is 4.79 Å². The largest absolute Gasteiger partial charge is 0.478 e. The van der Waals surface area contributed by atoms with Crippen molar-refractivity contribution in [2.75, 3.05) is 6.54 Å². The standard InChI is InChI=1S/C12H10F3NO4/c13-7-4-6(5-8(14)9(7)15)20-12(11(18)19)2-1-3-16-10(12)17/h4-5H,1-3H2,(H,16,17)(H,18,19)/t12-/m1/s1. The highest BCUT2D eigenvalue weighted by molar-refractivity contribution is 6.06. The van der Waals surface area contributed by atoms with E-state index in [2.05, 4.69) is 5.32 Å². The third-order valence-electron chi connectivity index (χ3n) is 2.95. The number of amides is 1. The monoisotopic (exact) mass is 289 g/mol. The molecule has 0 aliphatic carbocycles. The summed E-state index contributed by atoms with van der Waals surface area (Å²) < 4.78 is 43.9. The molecule has 0 bridgehead atoms. The summed E-state index contributed by atoms with van der Waals surface area (Å²) in [7, 11) is 0. The van der Waals surface area contributed by atoms with Crippen molar-refractivity contribution in [3.63, 3.8) is 0 Å². The van der Waals surface area contributed by atoms with Crippen LogP contribution in [0.25, 0.3) is 0 Å². The Hall–Kier alpha value is -2.25. The zero-order chi connectivity index (χ0) is 14.9. The number of halogens is 3. The Morgan fingerprint density at radius 3 is 2.40 bits per heavy atom. The fourth-order valence-electron chi connectivity index (χ4n) is 1.93. The minimum absolute atomic E-state index is 0.158. The van der Waals surface area contributed by atoms with Crippen LogP contribution in [0.4, 0.5) is 13.2 Å². The number of benzene rings is 1. The Morgan fingerprint density at radius 2 is 1.90 bits per heavy atom. The summed E-state index contributed by atoms with van der Waals surface area (Å²) in [5.74, 6) is -7.83. The van der Waals surface area contributed by atoms with Gasteiger partial charge in [-0.1, -0.05) is 0 Å². The molecular weight excluding hydrogens is 279 g/mol. The second-order valence-electron chi connectivity index (χ2n) is 4.29. The lowest BCUT2D eigenvalue weighted by Gasteiger charge is -2.32. The molecule has 0 aromatic heterocycles. The van der Waals surface area contributed by atoms with Crippen LogP contribution in [0.5, 0.6) is 5.75 Å². The predicted octanol–water partition coefficient (Wildman–Crippen LogP) is 1.22. The molecule has 1 amide bonds. The number of hydrogen-bond acceptors (Lipinski definition) is 3. The fraction of sp³-hybridized carbons (Fsp3) is 0.333. The van der Waals surface area contributed by atoms with E-state index in [0.29, 0.717) is 18.6 Å². The van der Waals surface area contributed by atoms with Crippen molar-refractivity contribution >= 4 is 11.9 Å². The van der Waals surface area contributed by atoms with Crippen LogP contribution in [0.15, 0.2) is 12.1 Å². The van der Waals surface area contributed by atoms with Crippen molar-refractivity contribution in [1.29, 1.82) is 0 Å². The maximum absolute atomic E-state index is 13.1. The molecule has 1 aliphatic rings. The lowest BCUT2D eigenvalue weighted by molar-refractivity contribution is -0.165. The maximum Gasteiger partial charge on any atom is 0.358 e. The average Bonchev–Trinajstić information content (AvgIpc) is 2.38. The molecule has 2 rings (SSSR count). The van der Waals surface area contributed by atoms with Gasteiger partial charge in [0.2, 0.25) is 0 Å². The minimum atomic E-state index is -2.27. The molecule has 1 aliphatic heterocycles. The SMILES string of the molecule is O=C(O)[C@@]1(Oc2cc(F)c(F)c(F)c2)CCCNC1=O. The summed E-state index contributed by atoms with van der Waals surface area (Å²) in [5, 5.41) is 11.5. The molecule has 1 saturated heterocycles. The summed E-state index contributed by atoms with van der Waals surface area (Å²) in [6, 6.07) is 0.982. The lowest BCUT2D eigenvalue weighted by atomic mass is 9.93. The molecule has 8 heteroatoms. The third kappa shape index (κ3) is 2.28. The van der Waals surface area contributed by atoms with Gasteiger partial charge in [-0.15, -0.1) is 0 Å². The molecule has 0 saturated carbocycles. The number of piperidine rings is 1. The number of carboxylic acids is 1. The highest BCUT2D eigenvalue weighted by Crippen LogP contribution is 2.28. The Bertz CT molecular complexity index is 555. The lowest BCUT2D eigenvalue weighted by Crippen LogP contribution is -2.60. The van der Waals surface area contributed by atoms with Crippen molar-refractivity contribution in [1.82, 2.24) is 5.32 Å². The number of ether oxygens (including phenoxy) is 1. The van der Waals surface area contributed by atoms with Crippen molar-refractivity contribution < 1.29 is 32.6 Å². The maximum atomic E-state index is 13.1. The summed E-state index contributed by atoms with van der Waals surface area (Å²) in [5.41, 5.74) is -2.27. The van der Waals surface area contributed by atoms with Gasteiger partial charge in [0.1, 0.15) is 5.75 Å². The first kappa shape index (κ1) is 14.2. The van der Waals surface area contributed by atoms with Crippen LogP contribution in [-0.2, 0) is 9.59 Å². The van der Waals surface area contributed by atoms with E-state index in [0.717, 1.165) is 0 Å². The van der Waals surface area contributed by atoms with Crippen LogP contribution < -0.4 is 10.1 Å². The van der Waals surface area contributed by atoms with Crippen LogP contribution >= 0.6 is 0 Å². The van der Waals surface area contributed by atoms with Gasteiger partial charge < -0.3 is 15.2 Å². The summed E-state index contributed by atoms with van der Waals surface area (Å²) in [6.45, 7) is 0.281. The molecule has 0 radical (unpaired) electrons. The summed E-state index contributed by atoms with van der Waals surface area (Å²) in [4.78, 5) is 23.0.